The van der Waals surface area contributed by atoms with E-state index >= 15 is 0 Å². The van der Waals surface area contributed by atoms with Crippen LogP contribution in [-0.2, 0) is 25.5 Å². The zero-order valence-electron chi connectivity index (χ0n) is 29.0. The molecule has 5 N–H and O–H groups in total. The first-order chi connectivity index (χ1) is 23.0. The van der Waals surface area contributed by atoms with Gasteiger partial charge in [0.15, 0.2) is 11.8 Å². The Labute approximate surface area is 285 Å². The lowest BCUT2D eigenvalue weighted by atomic mass is 9.84. The molecule has 0 saturated carbocycles. The number of nitriles is 1. The lowest BCUT2D eigenvalue weighted by Gasteiger charge is -2.31. The van der Waals surface area contributed by atoms with E-state index in [1.165, 1.54) is 13.8 Å². The molecule has 0 radical (unpaired) electrons. The summed E-state index contributed by atoms with van der Waals surface area (Å²) in [5, 5.41) is 29.5. The van der Waals surface area contributed by atoms with Crippen LogP contribution in [0.5, 0.6) is 5.75 Å². The summed E-state index contributed by atoms with van der Waals surface area (Å²) in [4.78, 5) is 43.4. The molecule has 1 amide bonds. The first kappa shape index (κ1) is 37.0. The van der Waals surface area contributed by atoms with Gasteiger partial charge in [-0.05, 0) is 96.7 Å². The van der Waals surface area contributed by atoms with E-state index in [4.69, 9.17) is 24.5 Å². The molecule has 262 valence electrons. The second-order valence-electron chi connectivity index (χ2n) is 13.3. The molecule has 0 aliphatic carbocycles. The van der Waals surface area contributed by atoms with Crippen molar-refractivity contribution in [2.24, 2.45) is 5.73 Å². The zero-order chi connectivity index (χ0) is 36.2. The van der Waals surface area contributed by atoms with E-state index in [0.29, 0.717) is 35.7 Å². The van der Waals surface area contributed by atoms with Crippen molar-refractivity contribution in [2.75, 3.05) is 6.54 Å². The van der Waals surface area contributed by atoms with E-state index in [0.717, 1.165) is 22.3 Å². The molecule has 3 aromatic rings. The topological polar surface area (TPSA) is 212 Å². The summed E-state index contributed by atoms with van der Waals surface area (Å²) in [6.07, 6.45) is -2.77. The second kappa shape index (κ2) is 15.1. The number of Topliss-reactive ketones (excluding diaryl/α,β-unsaturated/α-hetero) is 1. The first-order valence-electron chi connectivity index (χ1n) is 16.1. The van der Waals surface area contributed by atoms with Crippen LogP contribution in [0, 0.1) is 18.3 Å². The molecule has 1 aliphatic heterocycles. The average molecular weight is 677 g/mol. The molecule has 1 unspecified atom stereocenters. The minimum absolute atomic E-state index is 0.0925. The van der Waals surface area contributed by atoms with E-state index < -0.39 is 53.8 Å². The highest BCUT2D eigenvalue weighted by atomic mass is 16.6. The van der Waals surface area contributed by atoms with Crippen molar-refractivity contribution in [3.8, 4) is 34.7 Å². The number of fused-ring (bicyclic) bond motifs is 1. The molecule has 14 nitrogen and oxygen atoms in total. The summed E-state index contributed by atoms with van der Waals surface area (Å²) in [6, 6.07) is 7.41. The van der Waals surface area contributed by atoms with Crippen LogP contribution in [0.1, 0.15) is 76.8 Å². The van der Waals surface area contributed by atoms with Crippen LogP contribution >= 0.6 is 0 Å². The fourth-order valence-electron chi connectivity index (χ4n) is 5.45. The Balaban J connectivity index is 1.50. The summed E-state index contributed by atoms with van der Waals surface area (Å²) in [7, 11) is 0. The molecule has 0 saturated heterocycles. The molecule has 0 bridgehead atoms. The monoisotopic (exact) mass is 676 g/mol. The predicted molar refractivity (Wildman–Crippen MR) is 178 cm³/mol. The predicted octanol–water partition coefficient (Wildman–Crippen LogP) is 3.66. The molecular formula is C35H44N6O8. The summed E-state index contributed by atoms with van der Waals surface area (Å²) >= 11 is 0. The maximum Gasteiger partial charge on any atom is 0.408 e. The molecule has 4 rings (SSSR count). The molecular weight excluding hydrogens is 632 g/mol. The standard InChI is InChI=1S/C35H44N6O8/c1-17(2)46-26-12-9-21(15-22(26)16-36)32-40-31(41-49-32)24-10-11-25-23(18(24)3)13-14-38-29(25)30(43)27(37)20(5)47-33(44)28(19(4)42)39-34(45)48-35(6,7)8/h9-12,15,17,19-20,27-29,38,42H,13-14,37H2,1-8H3,(H,39,45)/t19-,20-,27-,28-,29?/m1/s1. The SMILES string of the molecule is Cc1c(-c2noc(-c3ccc(OC(C)C)c(C#N)c3)n2)ccc2c1CCNC2C(=O)[C@H](N)[C@@H](C)OC(=O)[C@H](NC(=O)OC(C)(C)C)[C@@H](C)O. The summed E-state index contributed by atoms with van der Waals surface area (Å²) in [5.74, 6) is -0.305. The quantitative estimate of drug-likeness (QED) is 0.214. The minimum Gasteiger partial charge on any atom is -0.490 e. The number of amides is 1. The van der Waals surface area contributed by atoms with Crippen molar-refractivity contribution in [1.29, 1.82) is 5.26 Å². The number of nitrogens with zero attached hydrogens (tertiary/aromatic N) is 3. The number of aromatic nitrogens is 2. The fraction of sp³-hybridized carbons (Fsp3) is 0.486. The van der Waals surface area contributed by atoms with Gasteiger partial charge in [0, 0.05) is 17.7 Å². The van der Waals surface area contributed by atoms with Crippen molar-refractivity contribution in [3.05, 3.63) is 52.6 Å². The highest BCUT2D eigenvalue weighted by Gasteiger charge is 2.37. The van der Waals surface area contributed by atoms with Crippen molar-refractivity contribution < 1.29 is 38.2 Å². The van der Waals surface area contributed by atoms with Crippen LogP contribution in [-0.4, -0.2) is 75.6 Å². The Kier molecular flexibility index (Phi) is 11.4. The maximum absolute atomic E-state index is 13.7. The van der Waals surface area contributed by atoms with Gasteiger partial charge in [-0.25, -0.2) is 9.59 Å². The molecule has 49 heavy (non-hydrogen) atoms. The van der Waals surface area contributed by atoms with Crippen LogP contribution < -0.4 is 21.1 Å². The number of nitrogens with one attached hydrogen (secondary N) is 2. The highest BCUT2D eigenvalue weighted by molar-refractivity contribution is 5.92. The van der Waals surface area contributed by atoms with Crippen LogP contribution in [0.4, 0.5) is 4.79 Å². The van der Waals surface area contributed by atoms with Gasteiger partial charge in [-0.1, -0.05) is 17.3 Å². The number of carbonyl (C=O) groups is 3. The van der Waals surface area contributed by atoms with Gasteiger partial charge < -0.3 is 40.2 Å². The molecule has 0 fully saturated rings. The molecule has 1 aliphatic rings. The average Bonchev–Trinajstić information content (AvgIpc) is 3.52. The molecule has 2 heterocycles. The van der Waals surface area contributed by atoms with Crippen molar-refractivity contribution in [3.63, 3.8) is 0 Å². The van der Waals surface area contributed by atoms with E-state index in [-0.39, 0.29) is 12.0 Å². The van der Waals surface area contributed by atoms with Crippen LogP contribution in [0.2, 0.25) is 0 Å². The number of benzene rings is 2. The number of esters is 1. The molecule has 14 heteroatoms. The summed E-state index contributed by atoms with van der Waals surface area (Å²) in [6.45, 7) is 13.9. The van der Waals surface area contributed by atoms with Gasteiger partial charge in [-0.3, -0.25) is 4.79 Å². The number of carbonyl (C=O) groups excluding carboxylic acids is 3. The van der Waals surface area contributed by atoms with Crippen molar-refractivity contribution in [2.45, 2.75) is 104 Å². The number of hydrogen-bond donors (Lipinski definition) is 4. The molecule has 0 spiro atoms. The van der Waals surface area contributed by atoms with Gasteiger partial charge in [0.2, 0.25) is 5.82 Å². The largest absolute Gasteiger partial charge is 0.490 e. The van der Waals surface area contributed by atoms with E-state index in [2.05, 4.69) is 26.8 Å². The van der Waals surface area contributed by atoms with E-state index in [9.17, 15) is 24.8 Å². The van der Waals surface area contributed by atoms with Crippen LogP contribution in [0.25, 0.3) is 22.8 Å². The number of ketones is 1. The van der Waals surface area contributed by atoms with Crippen LogP contribution in [0.3, 0.4) is 0 Å². The second-order valence-corrected chi connectivity index (χ2v) is 13.3. The van der Waals surface area contributed by atoms with E-state index in [1.54, 1.807) is 45.0 Å². The van der Waals surface area contributed by atoms with E-state index in [1.807, 2.05) is 26.8 Å². The molecule has 1 aromatic heterocycles. The Morgan fingerprint density at radius 3 is 2.51 bits per heavy atom. The normalized spacial score (nSPS) is 16.8. The third kappa shape index (κ3) is 8.80. The summed E-state index contributed by atoms with van der Waals surface area (Å²) in [5.41, 5.74) is 9.66. The third-order valence-electron chi connectivity index (χ3n) is 7.88. The fourth-order valence-corrected chi connectivity index (χ4v) is 5.45. The third-order valence-corrected chi connectivity index (χ3v) is 7.88. The first-order valence-corrected chi connectivity index (χ1v) is 16.1. The zero-order valence-corrected chi connectivity index (χ0v) is 29.0. The smallest absolute Gasteiger partial charge is 0.408 e. The van der Waals surface area contributed by atoms with Crippen molar-refractivity contribution in [1.82, 2.24) is 20.8 Å². The Morgan fingerprint density at radius 2 is 1.88 bits per heavy atom. The van der Waals surface area contributed by atoms with Gasteiger partial charge in [0.1, 0.15) is 29.6 Å². The number of hydrogen-bond acceptors (Lipinski definition) is 13. The number of aliphatic hydroxyl groups excluding tert-OH is 1. The van der Waals surface area contributed by atoms with Gasteiger partial charge in [-0.15, -0.1) is 0 Å². The number of rotatable bonds is 11. The van der Waals surface area contributed by atoms with Crippen LogP contribution in [0.15, 0.2) is 34.9 Å². The lowest BCUT2D eigenvalue weighted by molar-refractivity contribution is -0.155. The molecule has 5 atom stereocenters. The highest BCUT2D eigenvalue weighted by Crippen LogP contribution is 2.34. The number of ether oxygens (including phenoxy) is 3. The lowest BCUT2D eigenvalue weighted by Crippen LogP contribution is -2.53. The number of alkyl carbamates (subject to hydrolysis) is 1. The van der Waals surface area contributed by atoms with Gasteiger partial charge in [0.05, 0.1) is 23.8 Å². The summed E-state index contributed by atoms with van der Waals surface area (Å²) < 4.78 is 21.9. The minimum atomic E-state index is -1.44. The Hall–Kier alpha value is -4.84. The Morgan fingerprint density at radius 1 is 1.16 bits per heavy atom. The molecule has 2 aromatic carbocycles. The van der Waals surface area contributed by atoms with Gasteiger partial charge in [0.25, 0.3) is 5.89 Å². The van der Waals surface area contributed by atoms with Gasteiger partial charge in [-0.2, -0.15) is 10.2 Å². The van der Waals surface area contributed by atoms with Gasteiger partial charge >= 0.3 is 12.1 Å². The maximum atomic E-state index is 13.7. The van der Waals surface area contributed by atoms with Crippen molar-refractivity contribution >= 4 is 17.8 Å². The Bertz CT molecular complexity index is 1740. The number of aliphatic hydroxyl groups is 1. The number of nitrogens with two attached hydrogens (primary N) is 1.